The molecule has 11 heteroatoms. The quantitative estimate of drug-likeness (QED) is 0.187. The van der Waals surface area contributed by atoms with E-state index >= 15 is 0 Å². The van der Waals surface area contributed by atoms with Crippen LogP contribution in [0.3, 0.4) is 0 Å². The fraction of sp³-hybridized carbons (Fsp3) is 0.233. The predicted octanol–water partition coefficient (Wildman–Crippen LogP) is 6.92. The van der Waals surface area contributed by atoms with Gasteiger partial charge in [0.2, 0.25) is 11.8 Å². The lowest BCUT2D eigenvalue weighted by Gasteiger charge is -2.09. The van der Waals surface area contributed by atoms with Crippen molar-refractivity contribution in [1.29, 1.82) is 0 Å². The van der Waals surface area contributed by atoms with Crippen LogP contribution in [-0.4, -0.2) is 53.5 Å². The number of hydrogen-bond acceptors (Lipinski definition) is 10. The van der Waals surface area contributed by atoms with Crippen LogP contribution in [0.4, 0.5) is 10.5 Å². The molecule has 0 fully saturated rings. The molecule has 0 atom stereocenters. The molecule has 3 aromatic heterocycles. The van der Waals surface area contributed by atoms with Crippen molar-refractivity contribution in [3.8, 4) is 28.1 Å². The second-order valence-corrected chi connectivity index (χ2v) is 9.39. The summed E-state index contributed by atoms with van der Waals surface area (Å²) in [4.78, 5) is 30.1. The highest BCUT2D eigenvalue weighted by Gasteiger charge is 2.16. The zero-order chi connectivity index (χ0) is 29.4. The van der Waals surface area contributed by atoms with Gasteiger partial charge in [0.25, 0.3) is 0 Å². The predicted molar refractivity (Wildman–Crippen MR) is 162 cm³/mol. The minimum Gasteiger partial charge on any atom is -0.490 e. The lowest BCUT2D eigenvalue weighted by molar-refractivity contribution is 0.138. The van der Waals surface area contributed by atoms with Crippen molar-refractivity contribution in [2.24, 2.45) is 0 Å². The number of carbonyl (C=O) groups is 1. The number of carbonyl (C=O) groups excluding carboxylic acids is 1. The summed E-state index contributed by atoms with van der Waals surface area (Å²) in [6.07, 6.45) is 4.25. The third kappa shape index (κ3) is 6.87. The molecule has 0 aliphatic rings. The van der Waals surface area contributed by atoms with E-state index in [0.29, 0.717) is 28.7 Å². The molecule has 0 unspecified atom stereocenters. The van der Waals surface area contributed by atoms with E-state index in [1.54, 1.807) is 31.5 Å². The zero-order valence-corrected chi connectivity index (χ0v) is 24.4. The average Bonchev–Trinajstić information content (AvgIpc) is 3.44. The van der Waals surface area contributed by atoms with Crippen LogP contribution in [0.1, 0.15) is 25.0 Å². The number of aromatic nitrogens is 4. The molecule has 0 aliphatic heterocycles. The smallest absolute Gasteiger partial charge is 0.411 e. The van der Waals surface area contributed by atoms with Crippen molar-refractivity contribution in [2.75, 3.05) is 32.8 Å². The molecule has 0 saturated carbocycles. The SMILES string of the molecule is C=Cc1cc(-c2nc3c(C)cc(OCCOC(=O)Nc4ccc(OC)nc4)cc3s2)c2ncc(OC)nc2c1.CC. The number of nitrogens with one attached hydrogen (secondary N) is 1. The molecule has 5 rings (SSSR count). The number of fused-ring (bicyclic) bond motifs is 2. The fourth-order valence-electron chi connectivity index (χ4n) is 3.89. The lowest BCUT2D eigenvalue weighted by atomic mass is 10.1. The highest BCUT2D eigenvalue weighted by atomic mass is 32.1. The number of ether oxygens (including phenoxy) is 4. The first-order valence-electron chi connectivity index (χ1n) is 12.9. The first kappa shape index (κ1) is 29.2. The van der Waals surface area contributed by atoms with Gasteiger partial charge in [-0.1, -0.05) is 26.5 Å². The molecule has 41 heavy (non-hydrogen) atoms. The maximum absolute atomic E-state index is 12.0. The first-order valence-corrected chi connectivity index (χ1v) is 13.7. The largest absolute Gasteiger partial charge is 0.490 e. The number of methoxy groups -OCH3 is 2. The molecule has 10 nitrogen and oxygen atoms in total. The van der Waals surface area contributed by atoms with Crippen molar-refractivity contribution < 1.29 is 23.7 Å². The highest BCUT2D eigenvalue weighted by Crippen LogP contribution is 2.37. The molecule has 0 saturated heterocycles. The number of anilines is 1. The fourth-order valence-corrected chi connectivity index (χ4v) is 4.98. The third-order valence-corrected chi connectivity index (χ3v) is 6.79. The van der Waals surface area contributed by atoms with Crippen LogP contribution < -0.4 is 19.5 Å². The summed E-state index contributed by atoms with van der Waals surface area (Å²) in [7, 11) is 3.08. The van der Waals surface area contributed by atoms with E-state index in [-0.39, 0.29) is 13.2 Å². The molecule has 0 radical (unpaired) electrons. The molecule has 212 valence electrons. The molecule has 0 spiro atoms. The van der Waals surface area contributed by atoms with E-state index in [0.717, 1.165) is 37.4 Å². The molecule has 2 aromatic carbocycles. The van der Waals surface area contributed by atoms with Crippen molar-refractivity contribution in [2.45, 2.75) is 20.8 Å². The van der Waals surface area contributed by atoms with E-state index in [2.05, 4.69) is 26.8 Å². The zero-order valence-electron chi connectivity index (χ0n) is 23.6. The van der Waals surface area contributed by atoms with Gasteiger partial charge in [0.1, 0.15) is 24.0 Å². The summed E-state index contributed by atoms with van der Waals surface area (Å²) >= 11 is 1.54. The molecule has 5 aromatic rings. The molecule has 0 bridgehead atoms. The Morgan fingerprint density at radius 3 is 2.49 bits per heavy atom. The summed E-state index contributed by atoms with van der Waals surface area (Å²) < 4.78 is 22.3. The van der Waals surface area contributed by atoms with Gasteiger partial charge in [0.05, 0.1) is 53.6 Å². The summed E-state index contributed by atoms with van der Waals surface area (Å²) in [6.45, 7) is 10.1. The van der Waals surface area contributed by atoms with E-state index in [9.17, 15) is 4.79 Å². The van der Waals surface area contributed by atoms with Gasteiger partial charge >= 0.3 is 6.09 Å². The van der Waals surface area contributed by atoms with Gasteiger partial charge in [-0.25, -0.2) is 24.7 Å². The van der Waals surface area contributed by atoms with Crippen molar-refractivity contribution in [3.05, 3.63) is 66.5 Å². The second kappa shape index (κ2) is 13.5. The van der Waals surface area contributed by atoms with Gasteiger partial charge in [-0.15, -0.1) is 11.3 Å². The van der Waals surface area contributed by atoms with Gasteiger partial charge in [0.15, 0.2) is 0 Å². The summed E-state index contributed by atoms with van der Waals surface area (Å²) in [5.41, 5.74) is 5.56. The molecule has 3 heterocycles. The number of aryl methyl sites for hydroxylation is 1. The summed E-state index contributed by atoms with van der Waals surface area (Å²) in [5.74, 6) is 1.55. The highest BCUT2D eigenvalue weighted by molar-refractivity contribution is 7.21. The molecular weight excluding hydrogens is 542 g/mol. The topological polar surface area (TPSA) is 118 Å². The van der Waals surface area contributed by atoms with Gasteiger partial charge in [-0.3, -0.25) is 5.32 Å². The van der Waals surface area contributed by atoms with E-state index in [1.165, 1.54) is 24.6 Å². The maximum Gasteiger partial charge on any atom is 0.411 e. The van der Waals surface area contributed by atoms with E-state index in [1.807, 2.05) is 45.0 Å². The Kier molecular flexibility index (Phi) is 9.64. The average molecular weight is 574 g/mol. The number of pyridine rings is 1. The van der Waals surface area contributed by atoms with Crippen molar-refractivity contribution in [1.82, 2.24) is 19.9 Å². The van der Waals surface area contributed by atoms with Crippen molar-refractivity contribution >= 4 is 50.4 Å². The monoisotopic (exact) mass is 573 g/mol. The molecule has 0 aliphatic carbocycles. The minimum absolute atomic E-state index is 0.0723. The van der Waals surface area contributed by atoms with Crippen LogP contribution in [0, 0.1) is 6.92 Å². The number of rotatable bonds is 9. The Morgan fingerprint density at radius 2 is 1.78 bits per heavy atom. The summed E-state index contributed by atoms with van der Waals surface area (Å²) in [6, 6.07) is 11.1. The Hall–Kier alpha value is -4.77. The van der Waals surface area contributed by atoms with E-state index in [4.69, 9.17) is 23.9 Å². The number of nitrogens with zero attached hydrogens (tertiary/aromatic N) is 4. The van der Waals surface area contributed by atoms with Crippen LogP contribution in [0.25, 0.3) is 37.9 Å². The van der Waals surface area contributed by atoms with Gasteiger partial charge in [0, 0.05) is 11.6 Å². The first-order chi connectivity index (χ1) is 20.0. The van der Waals surface area contributed by atoms with Crippen LogP contribution in [0.5, 0.6) is 17.5 Å². The number of hydrogen-bond donors (Lipinski definition) is 1. The maximum atomic E-state index is 12.0. The van der Waals surface area contributed by atoms with Gasteiger partial charge in [-0.05, 0) is 48.4 Å². The normalized spacial score (nSPS) is 10.5. The van der Waals surface area contributed by atoms with Crippen LogP contribution in [0.2, 0.25) is 0 Å². The Bertz CT molecular complexity index is 1670. The molecule has 1 N–H and O–H groups in total. The molecular formula is C30H31N5O5S. The Labute approximate surface area is 242 Å². The Balaban J connectivity index is 0.00000189. The van der Waals surface area contributed by atoms with E-state index < -0.39 is 6.09 Å². The third-order valence-electron chi connectivity index (χ3n) is 5.76. The van der Waals surface area contributed by atoms with Gasteiger partial charge < -0.3 is 18.9 Å². The second-order valence-electron chi connectivity index (χ2n) is 8.36. The van der Waals surface area contributed by atoms with Crippen LogP contribution >= 0.6 is 11.3 Å². The van der Waals surface area contributed by atoms with Crippen LogP contribution in [-0.2, 0) is 4.74 Å². The Morgan fingerprint density at radius 1 is 0.976 bits per heavy atom. The van der Waals surface area contributed by atoms with Crippen LogP contribution in [0.15, 0.2) is 55.4 Å². The number of thiazole rings is 1. The number of amides is 1. The standard InChI is InChI=1S/C28H25N5O5S.C2H6/c1-5-17-11-20(26-21(12-17)32-24(36-4)15-30-26)27-33-25-16(2)10-19(13-22(25)39-27)37-8-9-38-28(34)31-18-6-7-23(35-3)29-14-18;1-2/h5-7,10-15H,1,8-9H2,2-4H3,(H,31,34);1-2H3. The summed E-state index contributed by atoms with van der Waals surface area (Å²) in [5, 5.41) is 3.42. The van der Waals surface area contributed by atoms with Gasteiger partial charge in [-0.2, -0.15) is 0 Å². The molecule has 1 amide bonds. The minimum atomic E-state index is -0.598. The lowest BCUT2D eigenvalue weighted by Crippen LogP contribution is -2.17. The number of benzene rings is 2. The van der Waals surface area contributed by atoms with Crippen molar-refractivity contribution in [3.63, 3.8) is 0 Å².